The van der Waals surface area contributed by atoms with E-state index >= 15 is 0 Å². The Bertz CT molecular complexity index is 1640. The molecule has 2 bridgehead atoms. The van der Waals surface area contributed by atoms with Crippen molar-refractivity contribution in [3.63, 3.8) is 0 Å². The molecule has 2 heterocycles. The van der Waals surface area contributed by atoms with Gasteiger partial charge in [-0.2, -0.15) is 0 Å². The van der Waals surface area contributed by atoms with Gasteiger partial charge < -0.3 is 44.5 Å². The Morgan fingerprint density at radius 1 is 0.980 bits per heavy atom. The maximum absolute atomic E-state index is 13.4. The number of rotatable bonds is 8. The largest absolute Gasteiger partial charge is 0.453 e. The lowest BCUT2D eigenvalue weighted by atomic mass is 9.78. The van der Waals surface area contributed by atoms with E-state index in [0.717, 1.165) is 0 Å². The second-order valence-corrected chi connectivity index (χ2v) is 13.9. The second-order valence-electron chi connectivity index (χ2n) is 13.9. The molecular formula is C36H42O13. The first-order valence-corrected chi connectivity index (χ1v) is 16.5. The van der Waals surface area contributed by atoms with Gasteiger partial charge in [0.25, 0.3) is 0 Å². The van der Waals surface area contributed by atoms with Crippen LogP contribution in [-0.2, 0) is 38.1 Å². The normalized spacial score (nSPS) is 37.6. The van der Waals surface area contributed by atoms with Crippen molar-refractivity contribution in [3.8, 4) is 0 Å². The minimum atomic E-state index is -1.77. The van der Waals surface area contributed by atoms with Gasteiger partial charge in [0.1, 0.15) is 23.9 Å². The number of allylic oxidation sites excluding steroid dienone is 2. The predicted octanol–water partition coefficient (Wildman–Crippen LogP) is 0.737. The van der Waals surface area contributed by atoms with Gasteiger partial charge >= 0.3 is 11.9 Å². The molecule has 4 aliphatic carbocycles. The Morgan fingerprint density at radius 2 is 1.65 bits per heavy atom. The number of aliphatic hydroxyl groups is 5. The maximum atomic E-state index is 13.4. The lowest BCUT2D eigenvalue weighted by molar-refractivity contribution is -0.301. The highest BCUT2D eigenvalue weighted by Gasteiger charge is 2.55. The lowest BCUT2D eigenvalue weighted by Crippen LogP contribution is -2.60. The summed E-state index contributed by atoms with van der Waals surface area (Å²) in [6.45, 7) is 9.69. The van der Waals surface area contributed by atoms with Crippen molar-refractivity contribution in [1.82, 2.24) is 0 Å². The van der Waals surface area contributed by atoms with E-state index in [1.807, 2.05) is 0 Å². The Morgan fingerprint density at radius 3 is 2.35 bits per heavy atom. The number of esters is 2. The summed E-state index contributed by atoms with van der Waals surface area (Å²) in [5, 5.41) is 53.7. The molecule has 13 heteroatoms. The minimum absolute atomic E-state index is 0.0645. The Labute approximate surface area is 282 Å². The van der Waals surface area contributed by atoms with Gasteiger partial charge in [-0.3, -0.25) is 9.59 Å². The molecule has 13 nitrogen and oxygen atoms in total. The SMILES string of the molecule is C=C(C(=O)OC1C(CO)OC(OCC2=C3C(=O)C=C(C)C34CC(CC2)C(=C)C(=O)O4)C(O)C1O)C1CCC(CO)=C2C(=O)C=C(C)C2(O)C1. The molecule has 0 aromatic rings. The first-order valence-electron chi connectivity index (χ1n) is 16.5. The Hall–Kier alpha value is -3.56. The summed E-state index contributed by atoms with van der Waals surface area (Å²) in [4.78, 5) is 51.8. The van der Waals surface area contributed by atoms with Crippen molar-refractivity contribution >= 4 is 23.5 Å². The van der Waals surface area contributed by atoms with Crippen LogP contribution >= 0.6 is 0 Å². The maximum Gasteiger partial charge on any atom is 0.334 e. The van der Waals surface area contributed by atoms with E-state index < -0.39 is 78.8 Å². The first kappa shape index (κ1) is 35.3. The average molecular weight is 683 g/mol. The Kier molecular flexibility index (Phi) is 9.33. The molecule has 6 rings (SSSR count). The van der Waals surface area contributed by atoms with Crippen LogP contribution in [0.5, 0.6) is 0 Å². The topological polar surface area (TPSA) is 206 Å². The van der Waals surface area contributed by atoms with E-state index in [1.165, 1.54) is 12.2 Å². The third kappa shape index (κ3) is 5.71. The molecule has 49 heavy (non-hydrogen) atoms. The number of hydrogen-bond donors (Lipinski definition) is 5. The van der Waals surface area contributed by atoms with E-state index in [-0.39, 0.29) is 48.7 Å². The molecule has 0 amide bonds. The summed E-state index contributed by atoms with van der Waals surface area (Å²) in [6.07, 6.45) is -3.43. The fourth-order valence-corrected chi connectivity index (χ4v) is 8.22. The van der Waals surface area contributed by atoms with Crippen LogP contribution < -0.4 is 0 Å². The average Bonchev–Trinajstić information content (AvgIpc) is 3.27. The number of hydrogen-bond acceptors (Lipinski definition) is 13. The molecule has 0 aromatic heterocycles. The molecule has 2 aliphatic heterocycles. The highest BCUT2D eigenvalue weighted by Crippen LogP contribution is 2.51. The summed E-state index contributed by atoms with van der Waals surface area (Å²) in [5.41, 5.74) is -0.346. The smallest absolute Gasteiger partial charge is 0.334 e. The van der Waals surface area contributed by atoms with Crippen molar-refractivity contribution in [2.45, 2.75) is 94.3 Å². The van der Waals surface area contributed by atoms with Gasteiger partial charge in [0, 0.05) is 28.7 Å². The molecule has 0 saturated carbocycles. The number of ketones is 2. The Balaban J connectivity index is 1.14. The molecular weight excluding hydrogens is 640 g/mol. The summed E-state index contributed by atoms with van der Waals surface area (Å²) in [5.74, 6) is -3.12. The van der Waals surface area contributed by atoms with Crippen LogP contribution in [0.15, 0.2) is 69.9 Å². The van der Waals surface area contributed by atoms with Crippen LogP contribution in [0.2, 0.25) is 0 Å². The van der Waals surface area contributed by atoms with Crippen molar-refractivity contribution in [2.24, 2.45) is 11.8 Å². The van der Waals surface area contributed by atoms with Crippen LogP contribution in [-0.4, -0.2) is 111 Å². The molecule has 0 radical (unpaired) electrons. The molecule has 9 atom stereocenters. The van der Waals surface area contributed by atoms with E-state index in [0.29, 0.717) is 52.7 Å². The fraction of sp³-hybridized carbons (Fsp3) is 0.556. The van der Waals surface area contributed by atoms with E-state index in [9.17, 15) is 44.7 Å². The van der Waals surface area contributed by atoms with E-state index in [1.54, 1.807) is 13.8 Å². The summed E-state index contributed by atoms with van der Waals surface area (Å²) in [6, 6.07) is 0. The van der Waals surface area contributed by atoms with E-state index in [2.05, 4.69) is 13.2 Å². The number of fused-ring (bicyclic) bond motifs is 2. The summed E-state index contributed by atoms with van der Waals surface area (Å²) >= 11 is 0. The van der Waals surface area contributed by atoms with Gasteiger partial charge in [-0.05, 0) is 92.2 Å². The molecule has 1 spiro atoms. The monoisotopic (exact) mass is 682 g/mol. The molecule has 0 aromatic carbocycles. The first-order chi connectivity index (χ1) is 23.2. The zero-order valence-electron chi connectivity index (χ0n) is 27.5. The van der Waals surface area contributed by atoms with Crippen LogP contribution in [0, 0.1) is 11.8 Å². The van der Waals surface area contributed by atoms with Crippen LogP contribution in [0.3, 0.4) is 0 Å². The zero-order chi connectivity index (χ0) is 35.6. The van der Waals surface area contributed by atoms with Gasteiger partial charge in [-0.25, -0.2) is 9.59 Å². The molecule has 2 fully saturated rings. The molecule has 264 valence electrons. The van der Waals surface area contributed by atoms with Gasteiger partial charge in [0.15, 0.2) is 29.6 Å². The number of carbonyl (C=O) groups is 4. The third-order valence-electron chi connectivity index (χ3n) is 11.1. The van der Waals surface area contributed by atoms with Crippen molar-refractivity contribution in [2.75, 3.05) is 19.8 Å². The van der Waals surface area contributed by atoms with Crippen LogP contribution in [0.4, 0.5) is 0 Å². The van der Waals surface area contributed by atoms with Crippen molar-refractivity contribution in [1.29, 1.82) is 0 Å². The fourth-order valence-electron chi connectivity index (χ4n) is 8.22. The highest BCUT2D eigenvalue weighted by molar-refractivity contribution is 6.12. The molecule has 2 saturated heterocycles. The lowest BCUT2D eigenvalue weighted by Gasteiger charge is -2.41. The second kappa shape index (κ2) is 13.0. The minimum Gasteiger partial charge on any atom is -0.453 e. The van der Waals surface area contributed by atoms with Crippen molar-refractivity contribution in [3.05, 3.63) is 69.9 Å². The predicted molar refractivity (Wildman–Crippen MR) is 169 cm³/mol. The third-order valence-corrected chi connectivity index (χ3v) is 11.1. The van der Waals surface area contributed by atoms with Gasteiger partial charge in [-0.15, -0.1) is 0 Å². The van der Waals surface area contributed by atoms with E-state index in [4.69, 9.17) is 18.9 Å². The highest BCUT2D eigenvalue weighted by atomic mass is 16.7. The molecule has 5 N–H and O–H groups in total. The number of ether oxygens (including phenoxy) is 4. The van der Waals surface area contributed by atoms with Gasteiger partial charge in [0.2, 0.25) is 0 Å². The zero-order valence-corrected chi connectivity index (χ0v) is 27.5. The van der Waals surface area contributed by atoms with Crippen LogP contribution in [0.1, 0.15) is 52.4 Å². The van der Waals surface area contributed by atoms with Gasteiger partial charge in [-0.1, -0.05) is 13.2 Å². The standard InChI is InChI=1S/C36H42O13/c1-16-9-24(39)27-22(13-37)7-5-20(11-35(16,27)45)18(3)32(43)48-31-26(14-38)47-34(30(42)29(31)41)46-15-23-8-6-21-12-36(49-33(44)19(21)4)17(2)10-25(40)28(23)36/h9-10,20-21,26,29-31,34,37-38,41-42,45H,3-8,11-15H2,1-2H3. The number of aliphatic hydroxyl groups excluding tert-OH is 4. The number of carbonyl (C=O) groups excluding carboxylic acids is 4. The quantitative estimate of drug-likeness (QED) is 0.177. The summed E-state index contributed by atoms with van der Waals surface area (Å²) < 4.78 is 23.0. The van der Waals surface area contributed by atoms with Crippen molar-refractivity contribution < 1.29 is 63.7 Å². The van der Waals surface area contributed by atoms with Crippen LogP contribution in [0.25, 0.3) is 0 Å². The molecule has 6 aliphatic rings. The van der Waals surface area contributed by atoms with Gasteiger partial charge in [0.05, 0.1) is 19.8 Å². The molecule has 9 unspecified atom stereocenters. The summed E-state index contributed by atoms with van der Waals surface area (Å²) in [7, 11) is 0.